The quantitative estimate of drug-likeness (QED) is 0.757. The van der Waals surface area contributed by atoms with Crippen LogP contribution in [0, 0.1) is 0 Å². The third-order valence-electron chi connectivity index (χ3n) is 3.99. The maximum absolute atomic E-state index is 6.04. The van der Waals surface area contributed by atoms with Crippen molar-refractivity contribution in [3.8, 4) is 0 Å². The summed E-state index contributed by atoms with van der Waals surface area (Å²) in [5.41, 5.74) is 2.28. The fourth-order valence-electron chi connectivity index (χ4n) is 2.49. The Bertz CT molecular complexity index is 572. The molecule has 1 atom stereocenters. The summed E-state index contributed by atoms with van der Waals surface area (Å²) in [4.78, 5) is 4.61. The Morgan fingerprint density at radius 3 is 2.24 bits per heavy atom. The summed E-state index contributed by atoms with van der Waals surface area (Å²) in [6.45, 7) is 3.35. The fraction of sp³-hybridized carbons (Fsp3) is 0.389. The van der Waals surface area contributed by atoms with E-state index in [9.17, 15) is 0 Å². The van der Waals surface area contributed by atoms with E-state index in [1.54, 1.807) is 0 Å². The van der Waals surface area contributed by atoms with Crippen molar-refractivity contribution in [2.24, 2.45) is 0 Å². The van der Waals surface area contributed by atoms with Gasteiger partial charge in [-0.05, 0) is 36.8 Å². The van der Waals surface area contributed by atoms with E-state index in [-0.39, 0.29) is 5.41 Å². The van der Waals surface area contributed by atoms with E-state index in [1.807, 2.05) is 24.4 Å². The molecule has 0 N–H and O–H groups in total. The first-order valence-electron chi connectivity index (χ1n) is 7.29. The van der Waals surface area contributed by atoms with Gasteiger partial charge in [-0.2, -0.15) is 0 Å². The second-order valence-electron chi connectivity index (χ2n) is 6.82. The summed E-state index contributed by atoms with van der Waals surface area (Å²) in [6.07, 6.45) is 2.91. The number of aromatic nitrogens is 1. The maximum atomic E-state index is 6.04. The molecule has 2 nitrogen and oxygen atoms in total. The van der Waals surface area contributed by atoms with E-state index >= 15 is 0 Å². The van der Waals surface area contributed by atoms with Crippen molar-refractivity contribution in [2.45, 2.75) is 18.8 Å². The first-order chi connectivity index (χ1) is 9.81. The average molecular weight is 304 g/mol. The van der Waals surface area contributed by atoms with Gasteiger partial charge in [0.2, 0.25) is 0 Å². The van der Waals surface area contributed by atoms with Crippen LogP contribution >= 0.6 is 11.6 Å². The van der Waals surface area contributed by atoms with E-state index in [1.165, 1.54) is 5.56 Å². The first kappa shape index (κ1) is 16.0. The molecule has 0 spiro atoms. The smallest absolute Gasteiger partial charge is 0.0792 e. The van der Waals surface area contributed by atoms with Crippen LogP contribution < -0.4 is 0 Å². The Morgan fingerprint density at radius 2 is 1.71 bits per heavy atom. The van der Waals surface area contributed by atoms with Gasteiger partial charge < -0.3 is 4.48 Å². The van der Waals surface area contributed by atoms with E-state index in [2.05, 4.69) is 57.3 Å². The van der Waals surface area contributed by atoms with Crippen LogP contribution in [0.15, 0.2) is 48.7 Å². The highest BCUT2D eigenvalue weighted by atomic mass is 35.5. The monoisotopic (exact) mass is 303 g/mol. The average Bonchev–Trinajstić information content (AvgIpc) is 2.46. The van der Waals surface area contributed by atoms with E-state index in [4.69, 9.17) is 11.6 Å². The Morgan fingerprint density at radius 1 is 1.05 bits per heavy atom. The SMILES string of the molecule is CC(CC[N+](C)(C)C)(c1ccc(Cl)cc1)c1ccccn1. The fourth-order valence-corrected chi connectivity index (χ4v) is 2.61. The van der Waals surface area contributed by atoms with Crippen LogP contribution in [0.1, 0.15) is 24.6 Å². The predicted molar refractivity (Wildman–Crippen MR) is 89.7 cm³/mol. The van der Waals surface area contributed by atoms with Crippen molar-refractivity contribution >= 4 is 11.6 Å². The topological polar surface area (TPSA) is 12.9 Å². The van der Waals surface area contributed by atoms with Gasteiger partial charge in [0.1, 0.15) is 0 Å². The van der Waals surface area contributed by atoms with Crippen molar-refractivity contribution in [3.05, 3.63) is 64.9 Å². The van der Waals surface area contributed by atoms with Gasteiger partial charge in [-0.25, -0.2) is 0 Å². The molecule has 0 bridgehead atoms. The minimum absolute atomic E-state index is 0.0998. The van der Waals surface area contributed by atoms with Crippen LogP contribution in [0.5, 0.6) is 0 Å². The number of quaternary nitrogens is 1. The molecule has 0 saturated heterocycles. The summed E-state index contributed by atoms with van der Waals surface area (Å²) in [5.74, 6) is 0. The number of halogens is 1. The molecule has 112 valence electrons. The van der Waals surface area contributed by atoms with Crippen molar-refractivity contribution in [1.82, 2.24) is 4.98 Å². The molecule has 0 saturated carbocycles. The zero-order valence-corrected chi connectivity index (χ0v) is 14.1. The Balaban J connectivity index is 2.41. The highest BCUT2D eigenvalue weighted by Crippen LogP contribution is 2.35. The van der Waals surface area contributed by atoms with E-state index in [0.29, 0.717) is 0 Å². The molecule has 0 fully saturated rings. The third-order valence-corrected chi connectivity index (χ3v) is 4.25. The Kier molecular flexibility index (Phi) is 4.70. The molecule has 1 aromatic heterocycles. The van der Waals surface area contributed by atoms with Crippen LogP contribution in [0.25, 0.3) is 0 Å². The van der Waals surface area contributed by atoms with Crippen LogP contribution in [0.4, 0.5) is 0 Å². The van der Waals surface area contributed by atoms with Gasteiger partial charge in [-0.1, -0.05) is 29.8 Å². The van der Waals surface area contributed by atoms with E-state index in [0.717, 1.165) is 28.2 Å². The molecule has 3 heteroatoms. The lowest BCUT2D eigenvalue weighted by molar-refractivity contribution is -0.870. The first-order valence-corrected chi connectivity index (χ1v) is 7.67. The highest BCUT2D eigenvalue weighted by Gasteiger charge is 2.32. The van der Waals surface area contributed by atoms with Gasteiger partial charge in [0.25, 0.3) is 0 Å². The van der Waals surface area contributed by atoms with Crippen molar-refractivity contribution in [1.29, 1.82) is 0 Å². The molecule has 2 rings (SSSR count). The standard InChI is InChI=1S/C18H24ClN2/c1-18(12-14-21(2,3)4,17-7-5-6-13-20-17)15-8-10-16(19)11-9-15/h5-11,13H,12,14H2,1-4H3/q+1. The molecule has 2 aromatic rings. The summed E-state index contributed by atoms with van der Waals surface area (Å²) >= 11 is 6.04. The van der Waals surface area contributed by atoms with Crippen molar-refractivity contribution < 1.29 is 4.48 Å². The van der Waals surface area contributed by atoms with Crippen molar-refractivity contribution in [2.75, 3.05) is 27.7 Å². The zero-order valence-electron chi connectivity index (χ0n) is 13.3. The lowest BCUT2D eigenvalue weighted by Gasteiger charge is -2.33. The van der Waals surface area contributed by atoms with Crippen LogP contribution in [-0.2, 0) is 5.41 Å². The normalized spacial score (nSPS) is 14.7. The van der Waals surface area contributed by atoms with Gasteiger partial charge in [-0.15, -0.1) is 0 Å². The number of pyridine rings is 1. The molecule has 0 aliphatic carbocycles. The Labute approximate surface area is 133 Å². The summed E-state index contributed by atoms with van der Waals surface area (Å²) < 4.78 is 0.940. The molecule has 0 radical (unpaired) electrons. The minimum atomic E-state index is -0.0998. The van der Waals surface area contributed by atoms with Crippen LogP contribution in [0.3, 0.4) is 0 Å². The largest absolute Gasteiger partial charge is 0.331 e. The summed E-state index contributed by atoms with van der Waals surface area (Å²) in [7, 11) is 6.67. The van der Waals surface area contributed by atoms with Gasteiger partial charge in [0.05, 0.1) is 33.4 Å². The Hall–Kier alpha value is -1.38. The molecule has 1 aromatic carbocycles. The van der Waals surface area contributed by atoms with E-state index < -0.39 is 0 Å². The number of rotatable bonds is 5. The second kappa shape index (κ2) is 6.17. The molecule has 21 heavy (non-hydrogen) atoms. The van der Waals surface area contributed by atoms with Gasteiger partial charge in [-0.3, -0.25) is 4.98 Å². The third kappa shape index (κ3) is 4.05. The van der Waals surface area contributed by atoms with Crippen LogP contribution in [0.2, 0.25) is 5.02 Å². The van der Waals surface area contributed by atoms with Crippen molar-refractivity contribution in [3.63, 3.8) is 0 Å². The molecular formula is C18H24ClN2+. The highest BCUT2D eigenvalue weighted by molar-refractivity contribution is 6.30. The number of hydrogen-bond donors (Lipinski definition) is 0. The number of nitrogens with zero attached hydrogens (tertiary/aromatic N) is 2. The zero-order chi connectivity index (χ0) is 15.5. The molecule has 1 heterocycles. The van der Waals surface area contributed by atoms with Gasteiger partial charge in [0.15, 0.2) is 0 Å². The molecule has 0 amide bonds. The molecule has 0 aliphatic heterocycles. The lowest BCUT2D eigenvalue weighted by atomic mass is 9.76. The number of benzene rings is 1. The van der Waals surface area contributed by atoms with Crippen LogP contribution in [-0.4, -0.2) is 37.2 Å². The summed E-state index contributed by atoms with van der Waals surface area (Å²) in [6, 6.07) is 14.3. The molecule has 1 unspecified atom stereocenters. The molecular weight excluding hydrogens is 280 g/mol. The molecule has 0 aliphatic rings. The van der Waals surface area contributed by atoms with Gasteiger partial charge in [0, 0.05) is 23.1 Å². The summed E-state index contributed by atoms with van der Waals surface area (Å²) in [5, 5.41) is 0.772. The minimum Gasteiger partial charge on any atom is -0.331 e. The predicted octanol–water partition coefficient (Wildman–Crippen LogP) is 4.14. The lowest BCUT2D eigenvalue weighted by Crippen LogP contribution is -2.39. The van der Waals surface area contributed by atoms with Gasteiger partial charge >= 0.3 is 0 Å². The second-order valence-corrected chi connectivity index (χ2v) is 7.25. The maximum Gasteiger partial charge on any atom is 0.0792 e. The number of hydrogen-bond acceptors (Lipinski definition) is 1.